The Morgan fingerprint density at radius 2 is 2.16 bits per heavy atom. The van der Waals surface area contributed by atoms with Gasteiger partial charge in [-0.2, -0.15) is 0 Å². The molecule has 1 aromatic heterocycles. The number of nitrogens with one attached hydrogen (secondary N) is 1. The minimum absolute atomic E-state index is 0. The summed E-state index contributed by atoms with van der Waals surface area (Å²) in [7, 11) is 5.46. The summed E-state index contributed by atoms with van der Waals surface area (Å²) >= 11 is 1.70. The molecule has 1 fully saturated rings. The molecule has 1 aromatic rings. The van der Waals surface area contributed by atoms with Crippen LogP contribution in [0.5, 0.6) is 0 Å². The van der Waals surface area contributed by atoms with Crippen molar-refractivity contribution in [2.24, 2.45) is 10.9 Å². The third kappa shape index (κ3) is 8.87. The van der Waals surface area contributed by atoms with Crippen molar-refractivity contribution in [3.05, 3.63) is 22.4 Å². The van der Waals surface area contributed by atoms with Gasteiger partial charge in [0.1, 0.15) is 6.54 Å². The first-order valence-electron chi connectivity index (χ1n) is 8.36. The van der Waals surface area contributed by atoms with Crippen molar-refractivity contribution in [3.8, 4) is 0 Å². The summed E-state index contributed by atoms with van der Waals surface area (Å²) in [4.78, 5) is 21.1. The lowest BCUT2D eigenvalue weighted by Crippen LogP contribution is -2.41. The van der Waals surface area contributed by atoms with Gasteiger partial charge in [-0.25, -0.2) is 4.99 Å². The molecule has 8 heteroatoms. The van der Waals surface area contributed by atoms with Crippen LogP contribution in [0.4, 0.5) is 0 Å². The molecule has 2 rings (SSSR count). The summed E-state index contributed by atoms with van der Waals surface area (Å²) in [5.41, 5.74) is 0. The molecule has 0 bridgehead atoms. The van der Waals surface area contributed by atoms with E-state index in [1.807, 2.05) is 18.0 Å². The molecular weight excluding hydrogens is 451 g/mol. The lowest BCUT2D eigenvalue weighted by atomic mass is 10.4. The Labute approximate surface area is 171 Å². The number of carbonyl (C=O) groups is 1. The van der Waals surface area contributed by atoms with E-state index in [-0.39, 0.29) is 36.4 Å². The van der Waals surface area contributed by atoms with Crippen molar-refractivity contribution < 1.29 is 9.53 Å². The largest absolute Gasteiger partial charge is 0.379 e. The highest BCUT2D eigenvalue weighted by Gasteiger charge is 2.21. The first-order chi connectivity index (χ1) is 11.6. The van der Waals surface area contributed by atoms with E-state index in [4.69, 9.17) is 4.74 Å². The maximum Gasteiger partial charge on any atom is 0.243 e. The molecule has 25 heavy (non-hydrogen) atoms. The van der Waals surface area contributed by atoms with Crippen LogP contribution in [0.1, 0.15) is 17.7 Å². The molecule has 1 saturated carbocycles. The van der Waals surface area contributed by atoms with E-state index in [9.17, 15) is 4.79 Å². The second-order valence-electron chi connectivity index (χ2n) is 6.30. The maximum absolute atomic E-state index is 11.8. The lowest BCUT2D eigenvalue weighted by molar-refractivity contribution is -0.127. The fourth-order valence-electron chi connectivity index (χ4n) is 2.02. The van der Waals surface area contributed by atoms with Crippen molar-refractivity contribution in [1.82, 2.24) is 15.1 Å². The van der Waals surface area contributed by atoms with E-state index in [2.05, 4.69) is 21.8 Å². The number of carbonyl (C=O) groups excluding carboxylic acids is 1. The van der Waals surface area contributed by atoms with Crippen molar-refractivity contribution in [2.45, 2.75) is 19.4 Å². The van der Waals surface area contributed by atoms with E-state index >= 15 is 0 Å². The van der Waals surface area contributed by atoms with Gasteiger partial charge in [-0.15, -0.1) is 35.3 Å². The molecule has 0 aliphatic heterocycles. The predicted octanol–water partition coefficient (Wildman–Crippen LogP) is 2.26. The predicted molar refractivity (Wildman–Crippen MR) is 114 cm³/mol. The van der Waals surface area contributed by atoms with E-state index < -0.39 is 0 Å². The van der Waals surface area contributed by atoms with Crippen molar-refractivity contribution >= 4 is 47.2 Å². The summed E-state index contributed by atoms with van der Waals surface area (Å²) in [6, 6.07) is 4.11. The quantitative estimate of drug-likeness (QED) is 0.255. The molecule has 6 nitrogen and oxygen atoms in total. The Hall–Kier alpha value is -0.870. The summed E-state index contributed by atoms with van der Waals surface area (Å²) < 4.78 is 5.70. The SMILES string of the molecule is CN(C)C(=O)CN=C(NCc1cccs1)N(C)CCOCC1CC1.I. The molecule has 142 valence electrons. The molecule has 1 N–H and O–H groups in total. The zero-order valence-electron chi connectivity index (χ0n) is 15.2. The Kier molecular flexibility index (Phi) is 10.4. The highest BCUT2D eigenvalue weighted by atomic mass is 127. The first-order valence-corrected chi connectivity index (χ1v) is 9.24. The fraction of sp³-hybridized carbons (Fsp3) is 0.647. The van der Waals surface area contributed by atoms with Crippen LogP contribution in [0, 0.1) is 5.92 Å². The molecule has 1 aliphatic carbocycles. The zero-order valence-corrected chi connectivity index (χ0v) is 18.4. The molecule has 1 heterocycles. The smallest absolute Gasteiger partial charge is 0.243 e. The van der Waals surface area contributed by atoms with Crippen LogP contribution in [-0.4, -0.2) is 69.1 Å². The number of nitrogens with zero attached hydrogens (tertiary/aromatic N) is 3. The Bertz CT molecular complexity index is 533. The number of hydrogen-bond acceptors (Lipinski definition) is 4. The van der Waals surface area contributed by atoms with Gasteiger partial charge in [-0.3, -0.25) is 4.79 Å². The standard InChI is InChI=1S/C17H28N4O2S.HI/c1-20(2)16(22)12-19-17(18-11-15-5-4-10-24-15)21(3)8-9-23-13-14-6-7-14;/h4-5,10,14H,6-9,11-13H2,1-3H3,(H,18,19);1H. The number of aliphatic imine (C=N–C) groups is 1. The molecule has 0 radical (unpaired) electrons. The highest BCUT2D eigenvalue weighted by Crippen LogP contribution is 2.28. The topological polar surface area (TPSA) is 57.2 Å². The number of amides is 1. The van der Waals surface area contributed by atoms with Gasteiger partial charge >= 0.3 is 0 Å². The Balaban J connectivity index is 0.00000312. The van der Waals surface area contributed by atoms with Crippen LogP contribution in [0.3, 0.4) is 0 Å². The van der Waals surface area contributed by atoms with Crippen LogP contribution in [0.25, 0.3) is 0 Å². The number of halogens is 1. The van der Waals surface area contributed by atoms with Crippen LogP contribution in [-0.2, 0) is 16.1 Å². The number of rotatable bonds is 9. The number of ether oxygens (including phenoxy) is 1. The molecular formula is C17H29IN4O2S. The van der Waals surface area contributed by atoms with Gasteiger partial charge in [-0.1, -0.05) is 6.07 Å². The first kappa shape index (κ1) is 22.2. The molecule has 1 aliphatic rings. The van der Waals surface area contributed by atoms with E-state index in [1.165, 1.54) is 17.7 Å². The van der Waals surface area contributed by atoms with Gasteiger partial charge in [0.25, 0.3) is 0 Å². The number of hydrogen-bond donors (Lipinski definition) is 1. The third-order valence-electron chi connectivity index (χ3n) is 3.85. The average molecular weight is 480 g/mol. The van der Waals surface area contributed by atoms with Gasteiger partial charge in [-0.05, 0) is 30.2 Å². The van der Waals surface area contributed by atoms with E-state index in [1.54, 1.807) is 30.3 Å². The van der Waals surface area contributed by atoms with Gasteiger partial charge in [0.05, 0.1) is 13.2 Å². The van der Waals surface area contributed by atoms with Crippen LogP contribution < -0.4 is 5.32 Å². The van der Waals surface area contributed by atoms with Gasteiger partial charge in [0, 0.05) is 39.2 Å². The molecule has 0 saturated heterocycles. The fourth-order valence-corrected chi connectivity index (χ4v) is 2.66. The van der Waals surface area contributed by atoms with Crippen LogP contribution in [0.15, 0.2) is 22.5 Å². The summed E-state index contributed by atoms with van der Waals surface area (Å²) in [6.07, 6.45) is 2.61. The minimum Gasteiger partial charge on any atom is -0.379 e. The maximum atomic E-state index is 11.8. The Morgan fingerprint density at radius 3 is 2.76 bits per heavy atom. The third-order valence-corrected chi connectivity index (χ3v) is 4.72. The van der Waals surface area contributed by atoms with Gasteiger partial charge in [0.2, 0.25) is 5.91 Å². The van der Waals surface area contributed by atoms with Gasteiger partial charge in [0.15, 0.2) is 5.96 Å². The normalized spacial score (nSPS) is 14.0. The summed E-state index contributed by atoms with van der Waals surface area (Å²) in [5.74, 6) is 1.50. The molecule has 1 amide bonds. The number of thiophene rings is 1. The second-order valence-corrected chi connectivity index (χ2v) is 7.33. The van der Waals surface area contributed by atoms with E-state index in [0.717, 1.165) is 25.0 Å². The molecule has 0 unspecified atom stereocenters. The second kappa shape index (κ2) is 11.7. The van der Waals surface area contributed by atoms with Crippen molar-refractivity contribution in [3.63, 3.8) is 0 Å². The monoisotopic (exact) mass is 480 g/mol. The van der Waals surface area contributed by atoms with Crippen molar-refractivity contribution in [1.29, 1.82) is 0 Å². The zero-order chi connectivity index (χ0) is 17.4. The molecule has 0 spiro atoms. The minimum atomic E-state index is -0.0104. The summed E-state index contributed by atoms with van der Waals surface area (Å²) in [6.45, 7) is 3.14. The van der Waals surface area contributed by atoms with Crippen molar-refractivity contribution in [2.75, 3.05) is 47.4 Å². The molecule has 0 aromatic carbocycles. The average Bonchev–Trinajstić information content (AvgIpc) is 3.24. The highest BCUT2D eigenvalue weighted by molar-refractivity contribution is 14.0. The van der Waals surface area contributed by atoms with E-state index in [0.29, 0.717) is 13.2 Å². The number of guanidine groups is 1. The number of likely N-dealkylation sites (N-methyl/N-ethyl adjacent to an activating group) is 2. The summed E-state index contributed by atoms with van der Waals surface area (Å²) in [5, 5.41) is 5.39. The van der Waals surface area contributed by atoms with Crippen LogP contribution in [0.2, 0.25) is 0 Å². The Morgan fingerprint density at radius 1 is 1.40 bits per heavy atom. The van der Waals surface area contributed by atoms with Gasteiger partial charge < -0.3 is 19.9 Å². The van der Waals surface area contributed by atoms with Crippen LogP contribution >= 0.6 is 35.3 Å². The lowest BCUT2D eigenvalue weighted by Gasteiger charge is -2.22. The molecule has 0 atom stereocenters.